The summed E-state index contributed by atoms with van der Waals surface area (Å²) in [6, 6.07) is 10.3. The van der Waals surface area contributed by atoms with Gasteiger partial charge in [-0.3, -0.25) is 4.98 Å². The van der Waals surface area contributed by atoms with Crippen LogP contribution in [0.3, 0.4) is 0 Å². The maximum absolute atomic E-state index is 4.43. The Hall–Kier alpha value is -2.10. The van der Waals surface area contributed by atoms with E-state index >= 15 is 0 Å². The number of hydrogen-bond donors (Lipinski definition) is 0. The summed E-state index contributed by atoms with van der Waals surface area (Å²) in [5.41, 5.74) is 4.37. The monoisotopic (exact) mass is 221 g/mol. The first-order valence-corrected chi connectivity index (χ1v) is 5.66. The fourth-order valence-corrected chi connectivity index (χ4v) is 2.01. The average Bonchev–Trinajstić information content (AvgIpc) is 2.74. The Morgan fingerprint density at radius 1 is 1.12 bits per heavy atom. The molecule has 1 aromatic carbocycles. The highest BCUT2D eigenvalue weighted by molar-refractivity contribution is 6.31. The van der Waals surface area contributed by atoms with Crippen LogP contribution in [-0.4, -0.2) is 22.2 Å². The smallest absolute Gasteiger partial charge is 0.163 e. The summed E-state index contributed by atoms with van der Waals surface area (Å²) >= 11 is 0. The summed E-state index contributed by atoms with van der Waals surface area (Å²) in [6.07, 6.45) is 6.49. The fraction of sp³-hybridized carbons (Fsp3) is 0.0769. The van der Waals surface area contributed by atoms with Gasteiger partial charge in [0.1, 0.15) is 0 Å². The summed E-state index contributed by atoms with van der Waals surface area (Å²) in [6.45, 7) is 0. The van der Waals surface area contributed by atoms with Crippen LogP contribution in [0.4, 0.5) is 0 Å². The van der Waals surface area contributed by atoms with Crippen molar-refractivity contribution in [2.24, 2.45) is 0 Å². The summed E-state index contributed by atoms with van der Waals surface area (Å²) < 4.78 is 2.07. The van der Waals surface area contributed by atoms with E-state index in [0.29, 0.717) is 0 Å². The van der Waals surface area contributed by atoms with Gasteiger partial charge in [0.25, 0.3) is 0 Å². The Morgan fingerprint density at radius 2 is 1.94 bits per heavy atom. The molecule has 0 spiro atoms. The standard InChI is InChI=1S/C13H12BN3/c14-12-9-16-13-11(15-6-7-17(12)13)8-10-4-2-1-3-5-10/h1-7,9H,8,14H2. The van der Waals surface area contributed by atoms with Gasteiger partial charge in [0.15, 0.2) is 13.5 Å². The molecule has 3 rings (SSSR count). The van der Waals surface area contributed by atoms with Gasteiger partial charge in [0.05, 0.1) is 5.69 Å². The van der Waals surface area contributed by atoms with Gasteiger partial charge in [0, 0.05) is 25.0 Å². The molecule has 0 fully saturated rings. The maximum atomic E-state index is 4.43. The average molecular weight is 221 g/mol. The van der Waals surface area contributed by atoms with Crippen molar-refractivity contribution in [3.8, 4) is 0 Å². The predicted molar refractivity (Wildman–Crippen MR) is 70.4 cm³/mol. The van der Waals surface area contributed by atoms with E-state index in [-0.39, 0.29) is 0 Å². The molecule has 0 amide bonds. The van der Waals surface area contributed by atoms with E-state index in [9.17, 15) is 0 Å². The van der Waals surface area contributed by atoms with Crippen LogP contribution in [-0.2, 0) is 6.42 Å². The molecule has 0 N–H and O–H groups in total. The topological polar surface area (TPSA) is 30.2 Å². The Bertz CT molecular complexity index is 646. The van der Waals surface area contributed by atoms with Gasteiger partial charge in [-0.1, -0.05) is 30.3 Å². The summed E-state index contributed by atoms with van der Waals surface area (Å²) in [4.78, 5) is 8.85. The lowest BCUT2D eigenvalue weighted by Crippen LogP contribution is -2.10. The van der Waals surface area contributed by atoms with Crippen molar-refractivity contribution < 1.29 is 0 Å². The van der Waals surface area contributed by atoms with Gasteiger partial charge in [-0.05, 0) is 11.2 Å². The maximum Gasteiger partial charge on any atom is 0.163 e. The zero-order valence-corrected chi connectivity index (χ0v) is 9.67. The van der Waals surface area contributed by atoms with E-state index < -0.39 is 0 Å². The third kappa shape index (κ3) is 1.82. The van der Waals surface area contributed by atoms with Crippen molar-refractivity contribution in [1.82, 2.24) is 14.4 Å². The lowest BCUT2D eigenvalue weighted by atomic mass is 10.1. The molecule has 0 unspecified atom stereocenters. The molecule has 0 radical (unpaired) electrons. The first kappa shape index (κ1) is 10.1. The molecule has 0 saturated heterocycles. The van der Waals surface area contributed by atoms with Gasteiger partial charge < -0.3 is 4.40 Å². The summed E-state index contributed by atoms with van der Waals surface area (Å²) in [5, 5.41) is 0. The van der Waals surface area contributed by atoms with Crippen LogP contribution in [0.2, 0.25) is 0 Å². The zero-order chi connectivity index (χ0) is 11.7. The lowest BCUT2D eigenvalue weighted by Gasteiger charge is -2.03. The number of hydrogen-bond acceptors (Lipinski definition) is 2. The van der Waals surface area contributed by atoms with Gasteiger partial charge in [-0.25, -0.2) is 4.98 Å². The van der Waals surface area contributed by atoms with Crippen LogP contribution in [0.1, 0.15) is 11.3 Å². The molecule has 2 aromatic heterocycles. The van der Waals surface area contributed by atoms with Gasteiger partial charge in [-0.15, -0.1) is 0 Å². The van der Waals surface area contributed by atoms with Crippen molar-refractivity contribution in [2.45, 2.75) is 6.42 Å². The number of fused-ring (bicyclic) bond motifs is 1. The normalized spacial score (nSPS) is 10.8. The first-order valence-electron chi connectivity index (χ1n) is 5.66. The quantitative estimate of drug-likeness (QED) is 0.592. The first-order chi connectivity index (χ1) is 8.34. The SMILES string of the molecule is Bc1cnc2c(Cc3ccccc3)nccn12. The fourth-order valence-electron chi connectivity index (χ4n) is 2.01. The number of rotatable bonds is 2. The van der Waals surface area contributed by atoms with Crippen molar-refractivity contribution in [1.29, 1.82) is 0 Å². The van der Waals surface area contributed by atoms with Crippen LogP contribution in [0.25, 0.3) is 5.65 Å². The van der Waals surface area contributed by atoms with E-state index in [4.69, 9.17) is 0 Å². The van der Waals surface area contributed by atoms with Crippen molar-refractivity contribution in [3.63, 3.8) is 0 Å². The second-order valence-corrected chi connectivity index (χ2v) is 4.13. The number of imidazole rings is 1. The van der Waals surface area contributed by atoms with Gasteiger partial charge in [-0.2, -0.15) is 0 Å². The van der Waals surface area contributed by atoms with Gasteiger partial charge in [0.2, 0.25) is 0 Å². The van der Waals surface area contributed by atoms with Crippen LogP contribution in [0, 0.1) is 0 Å². The van der Waals surface area contributed by atoms with E-state index in [1.165, 1.54) is 5.56 Å². The van der Waals surface area contributed by atoms with Crippen LogP contribution in [0.15, 0.2) is 48.9 Å². The molecular weight excluding hydrogens is 209 g/mol. The number of aromatic nitrogens is 3. The highest BCUT2D eigenvalue weighted by atomic mass is 15.0. The Kier molecular flexibility index (Phi) is 2.40. The zero-order valence-electron chi connectivity index (χ0n) is 9.67. The highest BCUT2D eigenvalue weighted by Crippen LogP contribution is 2.10. The van der Waals surface area contributed by atoms with E-state index in [2.05, 4.69) is 26.5 Å². The minimum Gasteiger partial charge on any atom is -0.311 e. The molecule has 0 saturated carbocycles. The highest BCUT2D eigenvalue weighted by Gasteiger charge is 2.06. The molecule has 0 aliphatic carbocycles. The van der Waals surface area contributed by atoms with Crippen molar-refractivity contribution in [2.75, 3.05) is 0 Å². The number of nitrogens with zero attached hydrogens (tertiary/aromatic N) is 3. The Balaban J connectivity index is 2.06. The van der Waals surface area contributed by atoms with Crippen LogP contribution in [0.5, 0.6) is 0 Å². The second kappa shape index (κ2) is 4.05. The molecule has 4 heteroatoms. The molecule has 0 atom stereocenters. The summed E-state index contributed by atoms with van der Waals surface area (Å²) in [7, 11) is 2.05. The largest absolute Gasteiger partial charge is 0.311 e. The predicted octanol–water partition coefficient (Wildman–Crippen LogP) is 0.579. The van der Waals surface area contributed by atoms with Gasteiger partial charge >= 0.3 is 0 Å². The Morgan fingerprint density at radius 3 is 2.76 bits per heavy atom. The number of benzene rings is 1. The van der Waals surface area contributed by atoms with E-state index in [1.807, 2.05) is 44.6 Å². The molecule has 0 bridgehead atoms. The second-order valence-electron chi connectivity index (χ2n) is 4.13. The molecule has 3 aromatic rings. The third-order valence-electron chi connectivity index (χ3n) is 2.90. The molecule has 82 valence electrons. The minimum absolute atomic E-state index is 0.821. The molecule has 17 heavy (non-hydrogen) atoms. The minimum atomic E-state index is 0.821. The molecule has 0 aliphatic heterocycles. The van der Waals surface area contributed by atoms with Crippen molar-refractivity contribution >= 4 is 19.1 Å². The third-order valence-corrected chi connectivity index (χ3v) is 2.90. The molecule has 3 nitrogen and oxygen atoms in total. The molecule has 2 heterocycles. The summed E-state index contributed by atoms with van der Waals surface area (Å²) in [5.74, 6) is 0. The lowest BCUT2D eigenvalue weighted by molar-refractivity contribution is 1.03. The van der Waals surface area contributed by atoms with E-state index in [1.54, 1.807) is 0 Å². The molecule has 0 aliphatic rings. The van der Waals surface area contributed by atoms with Crippen LogP contribution >= 0.6 is 0 Å². The van der Waals surface area contributed by atoms with Crippen molar-refractivity contribution in [3.05, 3.63) is 60.2 Å². The van der Waals surface area contributed by atoms with E-state index in [0.717, 1.165) is 23.4 Å². The molecular formula is C13H12BN3. The van der Waals surface area contributed by atoms with Crippen LogP contribution < -0.4 is 5.59 Å². The Labute approximate surface area is 101 Å².